The number of aliphatic imine (C=N–C) groups is 1. The highest BCUT2D eigenvalue weighted by Crippen LogP contribution is 2.43. The fourth-order valence-electron chi connectivity index (χ4n) is 3.67. The van der Waals surface area contributed by atoms with Gasteiger partial charge in [0.15, 0.2) is 0 Å². The van der Waals surface area contributed by atoms with Crippen molar-refractivity contribution in [2.75, 3.05) is 5.32 Å². The molecule has 2 aromatic carbocycles. The summed E-state index contributed by atoms with van der Waals surface area (Å²) in [7, 11) is 0. The minimum atomic E-state index is -0.607. The van der Waals surface area contributed by atoms with Crippen molar-refractivity contribution >= 4 is 34.3 Å². The van der Waals surface area contributed by atoms with E-state index in [2.05, 4.69) is 21.9 Å². The Hall–Kier alpha value is -4.52. The summed E-state index contributed by atoms with van der Waals surface area (Å²) in [5.41, 5.74) is 1.21. The predicted molar refractivity (Wildman–Crippen MR) is 127 cm³/mol. The highest BCUT2D eigenvalue weighted by atomic mass is 16.3. The molecular formula is C26H21N3O4. The molecule has 3 N–H and O–H groups in total. The first kappa shape index (κ1) is 21.7. The van der Waals surface area contributed by atoms with Crippen LogP contribution in [0.25, 0.3) is 0 Å². The summed E-state index contributed by atoms with van der Waals surface area (Å²) < 4.78 is 0. The molecule has 0 radical (unpaired) electrons. The van der Waals surface area contributed by atoms with Gasteiger partial charge in [0.25, 0.3) is 0 Å². The van der Waals surface area contributed by atoms with Crippen LogP contribution in [0.2, 0.25) is 0 Å². The van der Waals surface area contributed by atoms with E-state index in [0.29, 0.717) is 17.1 Å². The van der Waals surface area contributed by atoms with E-state index in [-0.39, 0.29) is 39.4 Å². The number of pyridine rings is 1. The van der Waals surface area contributed by atoms with E-state index < -0.39 is 11.6 Å². The summed E-state index contributed by atoms with van der Waals surface area (Å²) in [6.45, 7) is 5.71. The molecular weight excluding hydrogens is 418 g/mol. The molecule has 7 heteroatoms. The Morgan fingerprint density at radius 3 is 2.39 bits per heavy atom. The average molecular weight is 439 g/mol. The zero-order chi connectivity index (χ0) is 23.5. The lowest BCUT2D eigenvalue weighted by Crippen LogP contribution is -2.23. The summed E-state index contributed by atoms with van der Waals surface area (Å²) in [4.78, 5) is 35.6. The lowest BCUT2D eigenvalue weighted by molar-refractivity contribution is 0.0975. The molecule has 33 heavy (non-hydrogen) atoms. The van der Waals surface area contributed by atoms with Crippen LogP contribution in [0.5, 0.6) is 11.5 Å². The number of aromatic nitrogens is 1. The summed E-state index contributed by atoms with van der Waals surface area (Å²) in [5, 5.41) is 24.1. The number of phenolic OH excluding ortho intramolecular Hbond substituents is 2. The average Bonchev–Trinajstić information content (AvgIpc) is 2.82. The van der Waals surface area contributed by atoms with Crippen molar-refractivity contribution in [2.24, 2.45) is 4.99 Å². The number of anilines is 2. The van der Waals surface area contributed by atoms with Crippen LogP contribution in [0.15, 0.2) is 78.6 Å². The number of fused-ring (bicyclic) bond motifs is 2. The van der Waals surface area contributed by atoms with Crippen molar-refractivity contribution in [1.82, 2.24) is 4.98 Å². The van der Waals surface area contributed by atoms with Gasteiger partial charge < -0.3 is 15.5 Å². The van der Waals surface area contributed by atoms with E-state index in [1.165, 1.54) is 30.3 Å². The second kappa shape index (κ2) is 8.92. The number of carbonyl (C=O) groups excluding carboxylic acids is 2. The van der Waals surface area contributed by atoms with E-state index >= 15 is 0 Å². The molecule has 0 saturated heterocycles. The zero-order valence-electron chi connectivity index (χ0n) is 17.9. The molecule has 1 aliphatic rings. The third kappa shape index (κ3) is 3.92. The van der Waals surface area contributed by atoms with Crippen LogP contribution in [0.3, 0.4) is 0 Å². The number of nitrogens with zero attached hydrogens (tertiary/aromatic N) is 2. The van der Waals surface area contributed by atoms with Crippen LogP contribution in [-0.4, -0.2) is 32.5 Å². The van der Waals surface area contributed by atoms with Gasteiger partial charge in [-0.3, -0.25) is 14.6 Å². The van der Waals surface area contributed by atoms with Gasteiger partial charge in [-0.15, -0.1) is 0 Å². The van der Waals surface area contributed by atoms with Gasteiger partial charge in [-0.25, -0.2) is 4.99 Å². The second-order valence-electron chi connectivity index (χ2n) is 7.31. The van der Waals surface area contributed by atoms with Gasteiger partial charge in [-0.2, -0.15) is 0 Å². The molecule has 3 aromatic rings. The van der Waals surface area contributed by atoms with Crippen molar-refractivity contribution in [3.05, 3.63) is 95.9 Å². The Kier molecular flexibility index (Phi) is 5.87. The molecule has 1 aliphatic carbocycles. The minimum absolute atomic E-state index is 0.0254. The van der Waals surface area contributed by atoms with Crippen molar-refractivity contribution in [3.63, 3.8) is 0 Å². The maximum atomic E-state index is 13.6. The normalized spacial score (nSPS) is 13.1. The third-order valence-corrected chi connectivity index (χ3v) is 5.18. The first-order chi connectivity index (χ1) is 16.0. The lowest BCUT2D eigenvalue weighted by atomic mass is 9.81. The second-order valence-corrected chi connectivity index (χ2v) is 7.31. The minimum Gasteiger partial charge on any atom is -0.507 e. The fourth-order valence-corrected chi connectivity index (χ4v) is 3.67. The Bertz CT molecular complexity index is 1340. The van der Waals surface area contributed by atoms with E-state index in [0.717, 1.165) is 6.42 Å². The monoisotopic (exact) mass is 439 g/mol. The van der Waals surface area contributed by atoms with Crippen molar-refractivity contribution in [2.45, 2.75) is 13.3 Å². The predicted octanol–water partition coefficient (Wildman–Crippen LogP) is 5.24. The summed E-state index contributed by atoms with van der Waals surface area (Å²) in [5.74, 6) is -1.88. The van der Waals surface area contributed by atoms with Gasteiger partial charge in [0, 0.05) is 6.20 Å². The maximum Gasteiger partial charge on any atom is 0.200 e. The molecule has 164 valence electrons. The number of hydrogen-bond donors (Lipinski definition) is 3. The SMILES string of the molecule is C=CC(/C=C\CC)=Nc1ccc(O)c2c1C(=O)c1c(O)ccc(Nc3cccnc3)c1C2=O. The molecule has 0 saturated carbocycles. The number of nitrogens with one attached hydrogen (secondary N) is 1. The first-order valence-corrected chi connectivity index (χ1v) is 10.3. The van der Waals surface area contributed by atoms with Crippen LogP contribution in [0.1, 0.15) is 45.2 Å². The Balaban J connectivity index is 1.92. The van der Waals surface area contributed by atoms with Gasteiger partial charge in [0.2, 0.25) is 11.6 Å². The quantitative estimate of drug-likeness (QED) is 0.280. The molecule has 0 bridgehead atoms. The molecule has 0 unspecified atom stereocenters. The topological polar surface area (TPSA) is 112 Å². The molecule has 1 heterocycles. The fraction of sp³-hybridized carbons (Fsp3) is 0.0769. The molecule has 7 nitrogen and oxygen atoms in total. The molecule has 4 rings (SSSR count). The number of benzene rings is 2. The Morgan fingerprint density at radius 1 is 1.03 bits per heavy atom. The lowest BCUT2D eigenvalue weighted by Gasteiger charge is -2.23. The van der Waals surface area contributed by atoms with Crippen LogP contribution >= 0.6 is 0 Å². The van der Waals surface area contributed by atoms with Crippen LogP contribution < -0.4 is 5.32 Å². The molecule has 1 aromatic heterocycles. The van der Waals surface area contributed by atoms with Crippen molar-refractivity contribution in [1.29, 1.82) is 0 Å². The standard InChI is InChI=1S/C26H21N3O4/c1-3-5-7-15(4-2)28-17-9-11-19(30)23-21(17)25(32)24-20(31)12-10-18(22(24)26(23)33)29-16-8-6-13-27-14-16/h4-14,29-31H,2-3H2,1H3/b7-5-,28-15?. The van der Waals surface area contributed by atoms with E-state index in [1.807, 2.05) is 13.0 Å². The van der Waals surface area contributed by atoms with Gasteiger partial charge in [0.05, 0.1) is 51.2 Å². The molecule has 0 amide bonds. The number of carbonyl (C=O) groups is 2. The summed E-state index contributed by atoms with van der Waals surface area (Å²) >= 11 is 0. The smallest absolute Gasteiger partial charge is 0.200 e. The third-order valence-electron chi connectivity index (χ3n) is 5.18. The number of phenols is 2. The van der Waals surface area contributed by atoms with Crippen molar-refractivity contribution < 1.29 is 19.8 Å². The number of hydrogen-bond acceptors (Lipinski definition) is 7. The number of aromatic hydroxyl groups is 2. The number of ketones is 2. The highest BCUT2D eigenvalue weighted by molar-refractivity contribution is 6.33. The number of allylic oxidation sites excluding steroid dienone is 3. The van der Waals surface area contributed by atoms with E-state index in [1.54, 1.807) is 30.6 Å². The van der Waals surface area contributed by atoms with Crippen molar-refractivity contribution in [3.8, 4) is 11.5 Å². The van der Waals surface area contributed by atoms with Gasteiger partial charge in [-0.1, -0.05) is 19.6 Å². The van der Waals surface area contributed by atoms with Gasteiger partial charge in [-0.05, 0) is 55.0 Å². The van der Waals surface area contributed by atoms with E-state index in [4.69, 9.17) is 0 Å². The Morgan fingerprint density at radius 2 is 1.73 bits per heavy atom. The largest absolute Gasteiger partial charge is 0.507 e. The highest BCUT2D eigenvalue weighted by Gasteiger charge is 2.38. The maximum absolute atomic E-state index is 13.6. The van der Waals surface area contributed by atoms with Gasteiger partial charge in [0.1, 0.15) is 11.5 Å². The van der Waals surface area contributed by atoms with E-state index in [9.17, 15) is 19.8 Å². The molecule has 0 spiro atoms. The van der Waals surface area contributed by atoms with Crippen LogP contribution in [-0.2, 0) is 0 Å². The first-order valence-electron chi connectivity index (χ1n) is 10.3. The van der Waals surface area contributed by atoms with Crippen LogP contribution in [0, 0.1) is 0 Å². The van der Waals surface area contributed by atoms with Crippen LogP contribution in [0.4, 0.5) is 17.1 Å². The summed E-state index contributed by atoms with van der Waals surface area (Å²) in [6.07, 6.45) is 9.12. The molecule has 0 atom stereocenters. The number of rotatable bonds is 6. The molecule has 0 aliphatic heterocycles. The van der Waals surface area contributed by atoms with Gasteiger partial charge >= 0.3 is 0 Å². The summed E-state index contributed by atoms with van der Waals surface area (Å²) in [6, 6.07) is 9.11. The molecule has 0 fully saturated rings. The zero-order valence-corrected chi connectivity index (χ0v) is 17.9. The Labute approximate surface area is 190 Å².